The third kappa shape index (κ3) is 2.56. The molecule has 0 bridgehead atoms. The number of rotatable bonds is 2. The van der Waals surface area contributed by atoms with Crippen molar-refractivity contribution in [3.8, 4) is 0 Å². The number of hydrogen-bond acceptors (Lipinski definition) is 4. The van der Waals surface area contributed by atoms with Gasteiger partial charge in [0.1, 0.15) is 0 Å². The first-order valence-corrected chi connectivity index (χ1v) is 5.84. The van der Waals surface area contributed by atoms with Gasteiger partial charge in [-0.3, -0.25) is 0 Å². The van der Waals surface area contributed by atoms with E-state index in [1.807, 2.05) is 0 Å². The summed E-state index contributed by atoms with van der Waals surface area (Å²) in [7, 11) is 0. The summed E-state index contributed by atoms with van der Waals surface area (Å²) in [5.41, 5.74) is 0. The smallest absolute Gasteiger partial charge is 0.229 e. The summed E-state index contributed by atoms with van der Waals surface area (Å²) >= 11 is 0. The monoisotopic (exact) mass is 209 g/mol. The van der Waals surface area contributed by atoms with Crippen LogP contribution in [-0.2, 0) is 0 Å². The second kappa shape index (κ2) is 4.75. The Kier molecular flexibility index (Phi) is 3.36. The molecule has 0 amide bonds. The molecule has 1 saturated heterocycles. The third-order valence-corrected chi connectivity index (χ3v) is 2.82. The predicted molar refractivity (Wildman–Crippen MR) is 57.6 cm³/mol. The molecule has 2 rings (SSSR count). The molecule has 0 aromatic carbocycles. The maximum Gasteiger partial charge on any atom is 0.229 e. The SMILES string of the molecule is CC(C)c1nc([C@@H]2CCCCCN2)no1. The second-order valence-electron chi connectivity index (χ2n) is 4.50. The largest absolute Gasteiger partial charge is 0.339 e. The lowest BCUT2D eigenvalue weighted by Gasteiger charge is -2.09. The minimum Gasteiger partial charge on any atom is -0.339 e. The molecular weight excluding hydrogens is 190 g/mol. The third-order valence-electron chi connectivity index (χ3n) is 2.82. The van der Waals surface area contributed by atoms with E-state index in [1.54, 1.807) is 0 Å². The van der Waals surface area contributed by atoms with Crippen LogP contribution in [-0.4, -0.2) is 16.7 Å². The lowest BCUT2D eigenvalue weighted by Crippen LogP contribution is -2.21. The lowest BCUT2D eigenvalue weighted by molar-refractivity contribution is 0.353. The molecule has 1 N–H and O–H groups in total. The summed E-state index contributed by atoms with van der Waals surface area (Å²) in [5.74, 6) is 1.90. The molecular formula is C11H19N3O. The van der Waals surface area contributed by atoms with E-state index < -0.39 is 0 Å². The fourth-order valence-corrected chi connectivity index (χ4v) is 1.87. The summed E-state index contributed by atoms with van der Waals surface area (Å²) in [6, 6.07) is 0.295. The zero-order chi connectivity index (χ0) is 10.7. The maximum atomic E-state index is 5.22. The standard InChI is InChI=1S/C11H19N3O/c1-8(2)11-13-10(14-15-11)9-6-4-3-5-7-12-9/h8-9,12H,3-7H2,1-2H3/t9-/m0/s1. The van der Waals surface area contributed by atoms with Crippen LogP contribution in [0, 0.1) is 0 Å². The van der Waals surface area contributed by atoms with E-state index >= 15 is 0 Å². The molecule has 1 aromatic rings. The molecule has 2 heterocycles. The Balaban J connectivity index is 2.06. The Morgan fingerprint density at radius 2 is 2.20 bits per heavy atom. The molecule has 4 heteroatoms. The van der Waals surface area contributed by atoms with Crippen molar-refractivity contribution >= 4 is 0 Å². The van der Waals surface area contributed by atoms with Crippen LogP contribution in [0.2, 0.25) is 0 Å². The van der Waals surface area contributed by atoms with Gasteiger partial charge in [-0.05, 0) is 19.4 Å². The zero-order valence-corrected chi connectivity index (χ0v) is 9.49. The molecule has 15 heavy (non-hydrogen) atoms. The highest BCUT2D eigenvalue weighted by atomic mass is 16.5. The Bertz CT molecular complexity index is 301. The van der Waals surface area contributed by atoms with Gasteiger partial charge in [0.15, 0.2) is 5.82 Å². The minimum absolute atomic E-state index is 0.295. The molecule has 0 radical (unpaired) electrons. The normalized spacial score (nSPS) is 23.0. The van der Waals surface area contributed by atoms with Gasteiger partial charge in [-0.25, -0.2) is 0 Å². The van der Waals surface area contributed by atoms with Gasteiger partial charge < -0.3 is 9.84 Å². The quantitative estimate of drug-likeness (QED) is 0.812. The van der Waals surface area contributed by atoms with Crippen molar-refractivity contribution in [3.05, 3.63) is 11.7 Å². The Hall–Kier alpha value is -0.900. The summed E-state index contributed by atoms with van der Waals surface area (Å²) in [4.78, 5) is 4.43. The molecule has 0 saturated carbocycles. The topological polar surface area (TPSA) is 51.0 Å². The van der Waals surface area contributed by atoms with Crippen molar-refractivity contribution in [2.75, 3.05) is 6.54 Å². The molecule has 0 spiro atoms. The van der Waals surface area contributed by atoms with Gasteiger partial charge in [0.05, 0.1) is 6.04 Å². The average molecular weight is 209 g/mol. The van der Waals surface area contributed by atoms with Crippen LogP contribution in [0.25, 0.3) is 0 Å². The van der Waals surface area contributed by atoms with E-state index in [1.165, 1.54) is 19.3 Å². The van der Waals surface area contributed by atoms with Gasteiger partial charge in [-0.2, -0.15) is 4.98 Å². The second-order valence-corrected chi connectivity index (χ2v) is 4.50. The van der Waals surface area contributed by atoms with Crippen LogP contribution in [0.5, 0.6) is 0 Å². The highest BCUT2D eigenvalue weighted by Gasteiger charge is 2.20. The van der Waals surface area contributed by atoms with E-state index in [0.717, 1.165) is 24.7 Å². The first kappa shape index (κ1) is 10.6. The molecule has 1 aliphatic heterocycles. The van der Waals surface area contributed by atoms with Crippen LogP contribution in [0.4, 0.5) is 0 Å². The van der Waals surface area contributed by atoms with Crippen molar-refractivity contribution < 1.29 is 4.52 Å². The Morgan fingerprint density at radius 1 is 1.33 bits per heavy atom. The molecule has 1 aromatic heterocycles. The van der Waals surface area contributed by atoms with E-state index in [-0.39, 0.29) is 0 Å². The lowest BCUT2D eigenvalue weighted by atomic mass is 10.1. The minimum atomic E-state index is 0.295. The van der Waals surface area contributed by atoms with Crippen molar-refractivity contribution in [1.82, 2.24) is 15.5 Å². The molecule has 4 nitrogen and oxygen atoms in total. The highest BCUT2D eigenvalue weighted by molar-refractivity contribution is 4.97. The van der Waals surface area contributed by atoms with Gasteiger partial charge in [0, 0.05) is 5.92 Å². The molecule has 1 atom stereocenters. The fourth-order valence-electron chi connectivity index (χ4n) is 1.87. The van der Waals surface area contributed by atoms with Crippen LogP contribution < -0.4 is 5.32 Å². The number of nitrogens with zero attached hydrogens (tertiary/aromatic N) is 2. The maximum absolute atomic E-state index is 5.22. The molecule has 84 valence electrons. The van der Waals surface area contributed by atoms with E-state index in [4.69, 9.17) is 4.52 Å². The van der Waals surface area contributed by atoms with Crippen LogP contribution in [0.15, 0.2) is 4.52 Å². The molecule has 0 aliphatic carbocycles. The van der Waals surface area contributed by atoms with Gasteiger partial charge in [0.25, 0.3) is 0 Å². The summed E-state index contributed by atoms with van der Waals surface area (Å²) in [5, 5.41) is 7.52. The highest BCUT2D eigenvalue weighted by Crippen LogP contribution is 2.21. The Labute approximate surface area is 90.4 Å². The summed E-state index contributed by atoms with van der Waals surface area (Å²) in [6.45, 7) is 5.20. The van der Waals surface area contributed by atoms with E-state index in [0.29, 0.717) is 12.0 Å². The Morgan fingerprint density at radius 3 is 2.93 bits per heavy atom. The fraction of sp³-hybridized carbons (Fsp3) is 0.818. The van der Waals surface area contributed by atoms with Gasteiger partial charge >= 0.3 is 0 Å². The average Bonchev–Trinajstić information content (AvgIpc) is 2.55. The molecule has 1 fully saturated rings. The molecule has 1 aliphatic rings. The van der Waals surface area contributed by atoms with Gasteiger partial charge in [-0.1, -0.05) is 31.8 Å². The zero-order valence-electron chi connectivity index (χ0n) is 9.49. The van der Waals surface area contributed by atoms with Crippen molar-refractivity contribution in [3.63, 3.8) is 0 Å². The van der Waals surface area contributed by atoms with E-state index in [2.05, 4.69) is 29.3 Å². The van der Waals surface area contributed by atoms with Crippen molar-refractivity contribution in [2.45, 2.75) is 51.5 Å². The first-order valence-electron chi connectivity index (χ1n) is 5.84. The van der Waals surface area contributed by atoms with E-state index in [9.17, 15) is 0 Å². The number of hydrogen-bond donors (Lipinski definition) is 1. The first-order chi connectivity index (χ1) is 7.27. The number of aromatic nitrogens is 2. The van der Waals surface area contributed by atoms with Crippen LogP contribution >= 0.6 is 0 Å². The van der Waals surface area contributed by atoms with Crippen molar-refractivity contribution in [1.29, 1.82) is 0 Å². The summed E-state index contributed by atoms with van der Waals surface area (Å²) < 4.78 is 5.22. The van der Waals surface area contributed by atoms with Gasteiger partial charge in [0.2, 0.25) is 5.89 Å². The van der Waals surface area contributed by atoms with Crippen LogP contribution in [0.1, 0.15) is 63.2 Å². The number of nitrogens with one attached hydrogen (secondary N) is 1. The van der Waals surface area contributed by atoms with Gasteiger partial charge in [-0.15, -0.1) is 0 Å². The van der Waals surface area contributed by atoms with Crippen molar-refractivity contribution in [2.24, 2.45) is 0 Å². The predicted octanol–water partition coefficient (Wildman–Crippen LogP) is 2.40. The summed E-state index contributed by atoms with van der Waals surface area (Å²) in [6.07, 6.45) is 4.93. The van der Waals surface area contributed by atoms with Crippen LogP contribution in [0.3, 0.4) is 0 Å². The molecule has 0 unspecified atom stereocenters.